The van der Waals surface area contributed by atoms with Crippen molar-refractivity contribution < 1.29 is 4.74 Å². The molecule has 2 rings (SSSR count). The molecule has 0 aromatic heterocycles. The number of hydrogen-bond acceptors (Lipinski definition) is 3. The summed E-state index contributed by atoms with van der Waals surface area (Å²) >= 11 is 0. The highest BCUT2D eigenvalue weighted by molar-refractivity contribution is 5.49. The third kappa shape index (κ3) is 3.50. The summed E-state index contributed by atoms with van der Waals surface area (Å²) in [6.07, 6.45) is 0. The fraction of sp³-hybridized carbons (Fsp3) is 0.200. The molecule has 0 heterocycles. The van der Waals surface area contributed by atoms with E-state index in [0.29, 0.717) is 6.54 Å². The summed E-state index contributed by atoms with van der Waals surface area (Å²) in [6, 6.07) is 17.9. The number of benzene rings is 2. The molecule has 2 aromatic rings. The van der Waals surface area contributed by atoms with E-state index in [1.54, 1.807) is 0 Å². The van der Waals surface area contributed by atoms with Crippen LogP contribution in [0.2, 0.25) is 0 Å². The minimum absolute atomic E-state index is 0.247. The predicted molar refractivity (Wildman–Crippen MR) is 75.1 cm³/mol. The molecule has 0 fully saturated rings. The van der Waals surface area contributed by atoms with Gasteiger partial charge in [0.25, 0.3) is 0 Å². The van der Waals surface area contributed by atoms with Gasteiger partial charge in [-0.25, -0.2) is 0 Å². The Balaban J connectivity index is 2.08. The van der Waals surface area contributed by atoms with E-state index in [1.165, 1.54) is 0 Å². The Morgan fingerprint density at radius 2 is 1.78 bits per heavy atom. The lowest BCUT2D eigenvalue weighted by Crippen LogP contribution is -2.25. The van der Waals surface area contributed by atoms with Crippen LogP contribution in [0.1, 0.15) is 6.92 Å². The van der Waals surface area contributed by atoms with Gasteiger partial charge in [-0.1, -0.05) is 24.3 Å². The van der Waals surface area contributed by atoms with Crippen molar-refractivity contribution >= 4 is 5.69 Å². The van der Waals surface area contributed by atoms with E-state index in [0.717, 1.165) is 17.2 Å². The van der Waals surface area contributed by atoms with Gasteiger partial charge in [0.05, 0.1) is 0 Å². The molecule has 1 unspecified atom stereocenters. The molecule has 18 heavy (non-hydrogen) atoms. The molecular weight excluding hydrogens is 224 g/mol. The molecule has 0 aliphatic rings. The maximum atomic E-state index is 5.76. The number of nitrogens with one attached hydrogen (secondary N) is 1. The second-order valence-corrected chi connectivity index (χ2v) is 4.22. The first kappa shape index (κ1) is 12.5. The van der Waals surface area contributed by atoms with Crippen molar-refractivity contribution in [3.05, 3.63) is 54.6 Å². The summed E-state index contributed by atoms with van der Waals surface area (Å²) in [5.41, 5.74) is 6.60. The van der Waals surface area contributed by atoms with E-state index in [-0.39, 0.29) is 6.04 Å². The Bertz CT molecular complexity index is 485. The monoisotopic (exact) mass is 242 g/mol. The number of rotatable bonds is 5. The Kier molecular flexibility index (Phi) is 4.20. The normalized spacial score (nSPS) is 11.9. The van der Waals surface area contributed by atoms with Crippen LogP contribution < -0.4 is 15.8 Å². The number of anilines is 1. The zero-order valence-corrected chi connectivity index (χ0v) is 10.5. The standard InChI is InChI=1S/C15H18N2O/c1-12(11-16)17-13-6-5-9-15(10-13)18-14-7-3-2-4-8-14/h2-10,12,17H,11,16H2,1H3. The van der Waals surface area contributed by atoms with Gasteiger partial charge in [0, 0.05) is 24.3 Å². The largest absolute Gasteiger partial charge is 0.457 e. The van der Waals surface area contributed by atoms with Gasteiger partial charge >= 0.3 is 0 Å². The van der Waals surface area contributed by atoms with Crippen molar-refractivity contribution in [1.29, 1.82) is 0 Å². The Labute approximate surface area is 108 Å². The van der Waals surface area contributed by atoms with Gasteiger partial charge in [0.1, 0.15) is 11.5 Å². The quantitative estimate of drug-likeness (QED) is 0.846. The van der Waals surface area contributed by atoms with Gasteiger partial charge < -0.3 is 15.8 Å². The van der Waals surface area contributed by atoms with Crippen molar-refractivity contribution in [2.75, 3.05) is 11.9 Å². The van der Waals surface area contributed by atoms with Crippen LogP contribution >= 0.6 is 0 Å². The second-order valence-electron chi connectivity index (χ2n) is 4.22. The lowest BCUT2D eigenvalue weighted by molar-refractivity contribution is 0.483. The summed E-state index contributed by atoms with van der Waals surface area (Å²) < 4.78 is 5.76. The van der Waals surface area contributed by atoms with Crippen molar-refractivity contribution in [3.63, 3.8) is 0 Å². The Morgan fingerprint density at radius 3 is 2.50 bits per heavy atom. The third-order valence-corrected chi connectivity index (χ3v) is 2.58. The Hall–Kier alpha value is -2.00. The van der Waals surface area contributed by atoms with Gasteiger partial charge in [-0.15, -0.1) is 0 Å². The first-order valence-corrected chi connectivity index (χ1v) is 6.07. The molecule has 3 nitrogen and oxygen atoms in total. The average Bonchev–Trinajstić information content (AvgIpc) is 2.40. The molecular formula is C15H18N2O. The van der Waals surface area contributed by atoms with Crippen LogP contribution in [-0.4, -0.2) is 12.6 Å². The van der Waals surface area contributed by atoms with Gasteiger partial charge in [0.2, 0.25) is 0 Å². The van der Waals surface area contributed by atoms with E-state index in [2.05, 4.69) is 5.32 Å². The molecule has 3 N–H and O–H groups in total. The molecule has 0 saturated carbocycles. The predicted octanol–water partition coefficient (Wildman–Crippen LogP) is 3.24. The van der Waals surface area contributed by atoms with Crippen LogP contribution in [0.15, 0.2) is 54.6 Å². The summed E-state index contributed by atoms with van der Waals surface area (Å²) in [5.74, 6) is 1.65. The minimum atomic E-state index is 0.247. The average molecular weight is 242 g/mol. The molecule has 0 amide bonds. The van der Waals surface area contributed by atoms with Crippen molar-refractivity contribution in [2.45, 2.75) is 13.0 Å². The summed E-state index contributed by atoms with van der Waals surface area (Å²) in [5, 5.41) is 3.31. The number of para-hydroxylation sites is 1. The molecule has 0 aliphatic heterocycles. The molecule has 0 radical (unpaired) electrons. The van der Waals surface area contributed by atoms with Crippen LogP contribution in [0.25, 0.3) is 0 Å². The van der Waals surface area contributed by atoms with E-state index in [4.69, 9.17) is 10.5 Å². The number of nitrogens with two attached hydrogens (primary N) is 1. The van der Waals surface area contributed by atoms with Crippen molar-refractivity contribution in [1.82, 2.24) is 0 Å². The molecule has 94 valence electrons. The summed E-state index contributed by atoms with van der Waals surface area (Å²) in [6.45, 7) is 2.65. The number of hydrogen-bond donors (Lipinski definition) is 2. The molecule has 0 aliphatic carbocycles. The highest BCUT2D eigenvalue weighted by Crippen LogP contribution is 2.23. The summed E-state index contributed by atoms with van der Waals surface area (Å²) in [4.78, 5) is 0. The van der Waals surface area contributed by atoms with Gasteiger partial charge in [-0.2, -0.15) is 0 Å². The topological polar surface area (TPSA) is 47.3 Å². The van der Waals surface area contributed by atoms with Crippen LogP contribution in [0.3, 0.4) is 0 Å². The van der Waals surface area contributed by atoms with Crippen LogP contribution in [0.4, 0.5) is 5.69 Å². The smallest absolute Gasteiger partial charge is 0.129 e. The highest BCUT2D eigenvalue weighted by atomic mass is 16.5. The summed E-state index contributed by atoms with van der Waals surface area (Å²) in [7, 11) is 0. The van der Waals surface area contributed by atoms with Crippen molar-refractivity contribution in [2.24, 2.45) is 5.73 Å². The zero-order valence-electron chi connectivity index (χ0n) is 10.5. The van der Waals surface area contributed by atoms with Crippen LogP contribution in [0, 0.1) is 0 Å². The zero-order chi connectivity index (χ0) is 12.8. The molecule has 1 atom stereocenters. The van der Waals surface area contributed by atoms with E-state index in [1.807, 2.05) is 61.5 Å². The highest BCUT2D eigenvalue weighted by Gasteiger charge is 2.01. The van der Waals surface area contributed by atoms with Gasteiger partial charge in [0.15, 0.2) is 0 Å². The van der Waals surface area contributed by atoms with Crippen LogP contribution in [-0.2, 0) is 0 Å². The van der Waals surface area contributed by atoms with E-state index >= 15 is 0 Å². The van der Waals surface area contributed by atoms with Crippen LogP contribution in [0.5, 0.6) is 11.5 Å². The molecule has 0 saturated heterocycles. The fourth-order valence-corrected chi connectivity index (χ4v) is 1.62. The molecule has 0 spiro atoms. The first-order chi connectivity index (χ1) is 8.78. The molecule has 0 bridgehead atoms. The molecule has 3 heteroatoms. The molecule has 2 aromatic carbocycles. The van der Waals surface area contributed by atoms with E-state index < -0.39 is 0 Å². The fourth-order valence-electron chi connectivity index (χ4n) is 1.62. The maximum absolute atomic E-state index is 5.76. The van der Waals surface area contributed by atoms with Crippen molar-refractivity contribution in [3.8, 4) is 11.5 Å². The first-order valence-electron chi connectivity index (χ1n) is 6.07. The second kappa shape index (κ2) is 6.07. The van der Waals surface area contributed by atoms with Gasteiger partial charge in [-0.3, -0.25) is 0 Å². The van der Waals surface area contributed by atoms with Gasteiger partial charge in [-0.05, 0) is 31.2 Å². The third-order valence-electron chi connectivity index (χ3n) is 2.58. The Morgan fingerprint density at radius 1 is 1.06 bits per heavy atom. The lowest BCUT2D eigenvalue weighted by atomic mass is 10.2. The van der Waals surface area contributed by atoms with E-state index in [9.17, 15) is 0 Å². The SMILES string of the molecule is CC(CN)Nc1cccc(Oc2ccccc2)c1. The lowest BCUT2D eigenvalue weighted by Gasteiger charge is -2.14. The number of ether oxygens (including phenoxy) is 1. The minimum Gasteiger partial charge on any atom is -0.457 e. The maximum Gasteiger partial charge on any atom is 0.129 e.